The van der Waals surface area contributed by atoms with Gasteiger partial charge in [-0.05, 0) is 43.9 Å². The van der Waals surface area contributed by atoms with Crippen molar-refractivity contribution in [2.45, 2.75) is 50.0 Å². The molecule has 4 aromatic rings. The number of nitrogens with zero attached hydrogens (tertiary/aromatic N) is 6. The number of rotatable bonds is 7. The van der Waals surface area contributed by atoms with Gasteiger partial charge in [0, 0.05) is 18.2 Å². The second kappa shape index (κ2) is 9.27. The van der Waals surface area contributed by atoms with Crippen molar-refractivity contribution in [2.75, 3.05) is 13.2 Å². The highest BCUT2D eigenvalue weighted by molar-refractivity contribution is 7.90. The Hall–Kier alpha value is -3.56. The van der Waals surface area contributed by atoms with E-state index in [-0.39, 0.29) is 35.5 Å². The Morgan fingerprint density at radius 1 is 1.08 bits per heavy atom. The van der Waals surface area contributed by atoms with Crippen molar-refractivity contribution < 1.29 is 26.4 Å². The lowest BCUT2D eigenvalue weighted by Gasteiger charge is -2.18. The van der Waals surface area contributed by atoms with Gasteiger partial charge in [-0.3, -0.25) is 4.40 Å². The Kier molecular flexibility index (Phi) is 6.11. The zero-order chi connectivity index (χ0) is 27.5. The van der Waals surface area contributed by atoms with Gasteiger partial charge in [0.25, 0.3) is 10.0 Å². The first-order valence-electron chi connectivity index (χ1n) is 12.6. The smallest absolute Gasteiger partial charge is 0.424 e. The van der Waals surface area contributed by atoms with Crippen molar-refractivity contribution in [3.05, 3.63) is 54.1 Å². The number of nitrogens with one attached hydrogen (secondary N) is 1. The molecule has 1 amide bonds. The molecule has 13 nitrogen and oxygen atoms in total. The van der Waals surface area contributed by atoms with Crippen molar-refractivity contribution in [3.63, 3.8) is 0 Å². The van der Waals surface area contributed by atoms with Crippen molar-refractivity contribution in [2.24, 2.45) is 5.92 Å². The second-order valence-electron chi connectivity index (χ2n) is 9.90. The molecule has 3 aromatic heterocycles. The lowest BCUT2D eigenvalue weighted by molar-refractivity contribution is 0.169. The molecule has 206 valence electrons. The van der Waals surface area contributed by atoms with E-state index in [1.807, 2.05) is 13.8 Å². The van der Waals surface area contributed by atoms with Gasteiger partial charge in [0.15, 0.2) is 11.3 Å². The fourth-order valence-corrected chi connectivity index (χ4v) is 8.17. The number of ether oxygens (including phenoxy) is 1. The summed E-state index contributed by atoms with van der Waals surface area (Å²) < 4.78 is 63.6. The summed E-state index contributed by atoms with van der Waals surface area (Å²) in [5.74, 6) is 0.528. The second-order valence-corrected chi connectivity index (χ2v) is 13.3. The molecule has 39 heavy (non-hydrogen) atoms. The molecule has 1 saturated heterocycles. The molecule has 15 heteroatoms. The summed E-state index contributed by atoms with van der Waals surface area (Å²) in [5.41, 5.74) is 2.17. The van der Waals surface area contributed by atoms with Crippen LogP contribution in [0.5, 0.6) is 0 Å². The maximum atomic E-state index is 13.4. The summed E-state index contributed by atoms with van der Waals surface area (Å²) in [6.07, 6.45) is 3.82. The van der Waals surface area contributed by atoms with Gasteiger partial charge in [-0.25, -0.2) is 22.2 Å². The largest absolute Gasteiger partial charge is 0.447 e. The standard InChI is InChI=1S/C24H27N7O6S2/c1-3-16-12-17(28-39(35,36)30-10-11-37-24(30)32)13-19(16)22-27-26-21-14-25-23-20(31(21)22)8-9-29(23)38(33,34)18-6-4-15(2)5-7-18/h4-9,14,16-17,19,28H,3,10-13H2,1-2H3/t16-,17+,19+/m1/s1. The third-order valence-corrected chi connectivity index (χ3v) is 10.7. The lowest BCUT2D eigenvalue weighted by atomic mass is 9.93. The van der Waals surface area contributed by atoms with Gasteiger partial charge in [-0.1, -0.05) is 31.0 Å². The molecule has 3 atom stereocenters. The number of fused-ring (bicyclic) bond motifs is 3. The molecule has 1 N–H and O–H groups in total. The van der Waals surface area contributed by atoms with Crippen molar-refractivity contribution >= 4 is 43.1 Å². The lowest BCUT2D eigenvalue weighted by Crippen LogP contribution is -2.45. The minimum absolute atomic E-state index is 0.0240. The number of cyclic esters (lactones) is 1. The first-order valence-corrected chi connectivity index (χ1v) is 15.5. The van der Waals surface area contributed by atoms with Crippen molar-refractivity contribution in [1.82, 2.24) is 32.6 Å². The van der Waals surface area contributed by atoms with E-state index in [0.29, 0.717) is 34.1 Å². The van der Waals surface area contributed by atoms with Crippen LogP contribution in [0.4, 0.5) is 4.79 Å². The van der Waals surface area contributed by atoms with Crippen LogP contribution in [0, 0.1) is 12.8 Å². The molecule has 0 spiro atoms. The van der Waals surface area contributed by atoms with E-state index >= 15 is 0 Å². The van der Waals surface area contributed by atoms with Crippen LogP contribution in [0.3, 0.4) is 0 Å². The molecule has 0 radical (unpaired) electrons. The van der Waals surface area contributed by atoms with E-state index < -0.39 is 32.4 Å². The highest BCUT2D eigenvalue weighted by Gasteiger charge is 2.41. The Bertz CT molecular complexity index is 1800. The molecular formula is C24H27N7O6S2. The molecule has 1 aromatic carbocycles. The maximum Gasteiger partial charge on any atom is 0.424 e. The van der Waals surface area contributed by atoms with E-state index in [9.17, 15) is 21.6 Å². The minimum atomic E-state index is -4.05. The van der Waals surface area contributed by atoms with E-state index in [1.54, 1.807) is 34.7 Å². The van der Waals surface area contributed by atoms with Crippen LogP contribution in [-0.2, 0) is 25.0 Å². The Morgan fingerprint density at radius 2 is 1.85 bits per heavy atom. The summed E-state index contributed by atoms with van der Waals surface area (Å²) in [6.45, 7) is 3.91. The van der Waals surface area contributed by atoms with E-state index in [1.165, 1.54) is 12.4 Å². The zero-order valence-electron chi connectivity index (χ0n) is 21.3. The molecule has 2 fully saturated rings. The summed E-state index contributed by atoms with van der Waals surface area (Å²) >= 11 is 0. The number of aromatic nitrogens is 5. The van der Waals surface area contributed by atoms with Gasteiger partial charge in [0.2, 0.25) is 0 Å². The van der Waals surface area contributed by atoms with Crippen LogP contribution >= 0.6 is 0 Å². The van der Waals surface area contributed by atoms with Crippen LogP contribution in [0.1, 0.15) is 43.5 Å². The monoisotopic (exact) mass is 573 g/mol. The molecule has 0 unspecified atom stereocenters. The number of carbonyl (C=O) groups excluding carboxylic acids is 1. The summed E-state index contributed by atoms with van der Waals surface area (Å²) in [5, 5.41) is 8.72. The number of carbonyl (C=O) groups is 1. The van der Waals surface area contributed by atoms with Gasteiger partial charge in [0.1, 0.15) is 12.4 Å². The Morgan fingerprint density at radius 3 is 2.54 bits per heavy atom. The third-order valence-electron chi connectivity index (χ3n) is 7.52. The third kappa shape index (κ3) is 4.24. The van der Waals surface area contributed by atoms with Gasteiger partial charge >= 0.3 is 16.3 Å². The average molecular weight is 574 g/mol. The molecule has 1 aliphatic heterocycles. The van der Waals surface area contributed by atoms with Gasteiger partial charge in [-0.2, -0.15) is 17.4 Å². The SMILES string of the molecule is CC[C@@H]1C[C@H](NS(=O)(=O)N2CCOC2=O)C[C@@H]1c1nnc2cnc3c(ccn3S(=O)(=O)c3ccc(C)cc3)n12. The number of hydrogen-bond acceptors (Lipinski definition) is 9. The molecule has 1 aliphatic carbocycles. The predicted molar refractivity (Wildman–Crippen MR) is 140 cm³/mol. The highest BCUT2D eigenvalue weighted by Crippen LogP contribution is 2.42. The van der Waals surface area contributed by atoms with Crippen LogP contribution < -0.4 is 4.72 Å². The zero-order valence-corrected chi connectivity index (χ0v) is 22.9. The fraction of sp³-hybridized carbons (Fsp3) is 0.417. The number of aryl methyl sites for hydroxylation is 1. The van der Waals surface area contributed by atoms with E-state index in [4.69, 9.17) is 4.74 Å². The number of amides is 1. The normalized spacial score (nSPS) is 22.3. The fourth-order valence-electron chi connectivity index (χ4n) is 5.57. The van der Waals surface area contributed by atoms with Gasteiger partial charge < -0.3 is 4.74 Å². The van der Waals surface area contributed by atoms with Gasteiger partial charge in [-0.15, -0.1) is 10.2 Å². The van der Waals surface area contributed by atoms with Crippen molar-refractivity contribution in [1.29, 1.82) is 0 Å². The van der Waals surface area contributed by atoms with Crippen LogP contribution in [0.2, 0.25) is 0 Å². The minimum Gasteiger partial charge on any atom is -0.447 e. The van der Waals surface area contributed by atoms with Crippen LogP contribution in [0.15, 0.2) is 47.6 Å². The molecule has 6 rings (SSSR count). The van der Waals surface area contributed by atoms with Crippen LogP contribution in [-0.4, -0.2) is 70.0 Å². The molecule has 4 heterocycles. The Balaban J connectivity index is 1.36. The predicted octanol–water partition coefficient (Wildman–Crippen LogP) is 2.18. The Labute approximate surface area is 225 Å². The van der Waals surface area contributed by atoms with E-state index in [2.05, 4.69) is 19.9 Å². The van der Waals surface area contributed by atoms with Crippen LogP contribution in [0.25, 0.3) is 16.8 Å². The summed E-state index contributed by atoms with van der Waals surface area (Å²) in [4.78, 5) is 16.4. The summed E-state index contributed by atoms with van der Waals surface area (Å²) in [6, 6.07) is 7.85. The van der Waals surface area contributed by atoms with E-state index in [0.717, 1.165) is 16.0 Å². The summed E-state index contributed by atoms with van der Waals surface area (Å²) in [7, 11) is -7.95. The highest BCUT2D eigenvalue weighted by atomic mass is 32.2. The topological polar surface area (TPSA) is 158 Å². The molecule has 2 aliphatic rings. The first kappa shape index (κ1) is 25.7. The first-order chi connectivity index (χ1) is 18.6. The average Bonchev–Trinajstić information content (AvgIpc) is 3.68. The molecule has 0 bridgehead atoms. The molecule has 1 saturated carbocycles. The quantitative estimate of drug-likeness (QED) is 0.350. The number of benzene rings is 1. The molecular weight excluding hydrogens is 546 g/mol. The maximum absolute atomic E-state index is 13.4. The van der Waals surface area contributed by atoms with Crippen molar-refractivity contribution in [3.8, 4) is 0 Å². The number of hydrogen-bond donors (Lipinski definition) is 1. The van der Waals surface area contributed by atoms with Gasteiger partial charge in [0.05, 0.1) is 23.2 Å².